The van der Waals surface area contributed by atoms with Crippen molar-refractivity contribution in [2.45, 2.75) is 70.2 Å². The summed E-state index contributed by atoms with van der Waals surface area (Å²) >= 11 is 0. The molecule has 1 aromatic carbocycles. The van der Waals surface area contributed by atoms with E-state index in [0.717, 1.165) is 12.0 Å². The lowest BCUT2D eigenvalue weighted by Crippen LogP contribution is -2.61. The third kappa shape index (κ3) is 4.61. The van der Waals surface area contributed by atoms with Crippen molar-refractivity contribution in [3.63, 3.8) is 0 Å². The van der Waals surface area contributed by atoms with Gasteiger partial charge in [-0.3, -0.25) is 19.7 Å². The van der Waals surface area contributed by atoms with Crippen molar-refractivity contribution in [1.82, 2.24) is 15.5 Å². The molecule has 0 saturated carbocycles. The second kappa shape index (κ2) is 8.95. The van der Waals surface area contributed by atoms with Gasteiger partial charge in [-0.1, -0.05) is 50.6 Å². The van der Waals surface area contributed by atoms with Crippen LogP contribution in [0.1, 0.15) is 39.2 Å². The zero-order valence-corrected chi connectivity index (χ0v) is 17.6. The van der Waals surface area contributed by atoms with Crippen LogP contribution in [0.5, 0.6) is 0 Å². The molecule has 0 bridgehead atoms. The van der Waals surface area contributed by atoms with Gasteiger partial charge in [-0.25, -0.2) is 0 Å². The van der Waals surface area contributed by atoms with Crippen molar-refractivity contribution in [3.05, 3.63) is 35.9 Å². The molecular weight excluding hydrogens is 370 g/mol. The molecule has 2 aliphatic heterocycles. The highest BCUT2D eigenvalue weighted by Crippen LogP contribution is 2.36. The summed E-state index contributed by atoms with van der Waals surface area (Å²) in [5, 5.41) is 6.32. The van der Waals surface area contributed by atoms with Gasteiger partial charge in [-0.05, 0) is 24.8 Å². The summed E-state index contributed by atoms with van der Waals surface area (Å²) in [5.41, 5.74) is 1.05. The smallest absolute Gasteiger partial charge is 0.307 e. The molecule has 6 atom stereocenters. The quantitative estimate of drug-likeness (QED) is 0.506. The number of rotatable bonds is 8. The Morgan fingerprint density at radius 1 is 1.28 bits per heavy atom. The second-order valence-corrected chi connectivity index (χ2v) is 8.14. The number of amides is 2. The molecule has 0 spiro atoms. The molecule has 2 fully saturated rings. The van der Waals surface area contributed by atoms with Crippen molar-refractivity contribution < 1.29 is 19.1 Å². The first kappa shape index (κ1) is 21.3. The van der Waals surface area contributed by atoms with Gasteiger partial charge in [0.1, 0.15) is 6.04 Å². The van der Waals surface area contributed by atoms with Gasteiger partial charge in [0.25, 0.3) is 0 Å². The van der Waals surface area contributed by atoms with Crippen molar-refractivity contribution >= 4 is 17.8 Å². The Morgan fingerprint density at radius 3 is 2.59 bits per heavy atom. The van der Waals surface area contributed by atoms with Gasteiger partial charge in [0, 0.05) is 6.04 Å². The van der Waals surface area contributed by atoms with Crippen LogP contribution in [-0.2, 0) is 25.5 Å². The van der Waals surface area contributed by atoms with Gasteiger partial charge < -0.3 is 15.0 Å². The fraction of sp³-hybridized carbons (Fsp3) is 0.591. The maximum absolute atomic E-state index is 13.1. The molecule has 0 unspecified atom stereocenters. The zero-order valence-electron chi connectivity index (χ0n) is 17.6. The van der Waals surface area contributed by atoms with E-state index in [0.29, 0.717) is 6.42 Å². The molecule has 3 rings (SSSR count). The highest BCUT2D eigenvalue weighted by atomic mass is 16.5. The average molecular weight is 402 g/mol. The van der Waals surface area contributed by atoms with E-state index in [9.17, 15) is 14.4 Å². The van der Waals surface area contributed by atoms with Crippen molar-refractivity contribution in [2.75, 3.05) is 7.11 Å². The van der Waals surface area contributed by atoms with E-state index in [1.165, 1.54) is 7.11 Å². The van der Waals surface area contributed by atoms with Gasteiger partial charge in [0.05, 0.1) is 31.7 Å². The summed E-state index contributed by atoms with van der Waals surface area (Å²) < 4.78 is 4.79. The van der Waals surface area contributed by atoms with Gasteiger partial charge in [0.2, 0.25) is 11.8 Å². The molecular formula is C22H31N3O4. The third-order valence-electron chi connectivity index (χ3n) is 6.28. The van der Waals surface area contributed by atoms with E-state index < -0.39 is 12.1 Å². The fourth-order valence-electron chi connectivity index (χ4n) is 4.17. The molecule has 2 N–H and O–H groups in total. The maximum Gasteiger partial charge on any atom is 0.307 e. The number of hydrogen-bond acceptors (Lipinski definition) is 5. The molecule has 29 heavy (non-hydrogen) atoms. The molecule has 7 heteroatoms. The first-order valence-corrected chi connectivity index (χ1v) is 10.4. The number of fused-ring (bicyclic) bond motifs is 1. The number of nitrogens with zero attached hydrogens (tertiary/aromatic N) is 1. The van der Waals surface area contributed by atoms with Gasteiger partial charge in [0.15, 0.2) is 0 Å². The lowest BCUT2D eigenvalue weighted by atomic mass is 9.95. The monoisotopic (exact) mass is 401 g/mol. The molecule has 0 aliphatic carbocycles. The lowest BCUT2D eigenvalue weighted by Gasteiger charge is -2.32. The van der Waals surface area contributed by atoms with Crippen LogP contribution in [0.2, 0.25) is 0 Å². The molecule has 2 heterocycles. The van der Waals surface area contributed by atoms with Crippen LogP contribution in [0.15, 0.2) is 30.3 Å². The topological polar surface area (TPSA) is 87.5 Å². The number of carbonyl (C=O) groups is 3. The second-order valence-electron chi connectivity index (χ2n) is 8.14. The number of methoxy groups -OCH3 is 1. The Hall–Kier alpha value is -2.41. The number of nitrogens with one attached hydrogen (secondary N) is 2. The van der Waals surface area contributed by atoms with E-state index in [-0.39, 0.29) is 48.2 Å². The minimum Gasteiger partial charge on any atom is -0.469 e. The summed E-state index contributed by atoms with van der Waals surface area (Å²) in [4.78, 5) is 39.5. The third-order valence-corrected chi connectivity index (χ3v) is 6.28. The Labute approximate surface area is 172 Å². The van der Waals surface area contributed by atoms with Crippen LogP contribution in [0.25, 0.3) is 0 Å². The molecule has 1 aromatic rings. The zero-order chi connectivity index (χ0) is 21.1. The van der Waals surface area contributed by atoms with Gasteiger partial charge in [-0.15, -0.1) is 0 Å². The molecule has 158 valence electrons. The fourth-order valence-corrected chi connectivity index (χ4v) is 4.17. The van der Waals surface area contributed by atoms with Crippen molar-refractivity contribution in [2.24, 2.45) is 5.92 Å². The van der Waals surface area contributed by atoms with Gasteiger partial charge >= 0.3 is 5.97 Å². The highest BCUT2D eigenvalue weighted by molar-refractivity contribution is 5.93. The number of carbonyl (C=O) groups excluding carboxylic acids is 3. The van der Waals surface area contributed by atoms with E-state index in [4.69, 9.17) is 4.74 Å². The van der Waals surface area contributed by atoms with Crippen LogP contribution < -0.4 is 10.6 Å². The van der Waals surface area contributed by atoms with E-state index in [1.54, 1.807) is 4.90 Å². The minimum absolute atomic E-state index is 0.0363. The summed E-state index contributed by atoms with van der Waals surface area (Å²) in [6, 6.07) is 8.48. The predicted molar refractivity (Wildman–Crippen MR) is 109 cm³/mol. The Balaban J connectivity index is 1.71. The lowest BCUT2D eigenvalue weighted by molar-refractivity contribution is -0.141. The molecule has 0 aromatic heterocycles. The first-order valence-electron chi connectivity index (χ1n) is 10.4. The molecule has 2 aliphatic rings. The SMILES string of the molecule is CC[C@H](C)[C@@H](CC(=O)OC)NC(=O)[C@@H]1N[C@@H](Cc2ccccc2)C(=O)N2[C@H]1[C@@H]2C. The predicted octanol–water partition coefficient (Wildman–Crippen LogP) is 1.26. The number of piperazine rings is 1. The van der Waals surface area contributed by atoms with Crippen LogP contribution in [0, 0.1) is 5.92 Å². The number of benzene rings is 1. The molecule has 0 radical (unpaired) electrons. The standard InChI is InChI=1S/C22H31N3O4/c1-5-13(2)16(12-18(26)29-4)24-21(27)19-20-14(3)25(20)22(28)17(23-19)11-15-9-7-6-8-10-15/h6-10,13-14,16-17,19-20,23H,5,11-12H2,1-4H3,(H,24,27)/t13-,14-,16+,17-,19+,20-,25?/m0/s1. The van der Waals surface area contributed by atoms with E-state index >= 15 is 0 Å². The summed E-state index contributed by atoms with van der Waals surface area (Å²) in [5.74, 6) is -0.325. The van der Waals surface area contributed by atoms with Crippen molar-refractivity contribution in [3.8, 4) is 0 Å². The largest absolute Gasteiger partial charge is 0.469 e. The normalized spacial score (nSPS) is 27.6. The van der Waals surface area contributed by atoms with Crippen LogP contribution in [0.4, 0.5) is 0 Å². The summed E-state index contributed by atoms with van der Waals surface area (Å²) in [6.45, 7) is 6.01. The van der Waals surface area contributed by atoms with Gasteiger partial charge in [-0.2, -0.15) is 0 Å². The highest BCUT2D eigenvalue weighted by Gasteiger charge is 2.59. The molecule has 2 saturated heterocycles. The van der Waals surface area contributed by atoms with Crippen LogP contribution in [0.3, 0.4) is 0 Å². The average Bonchev–Trinajstić information content (AvgIpc) is 3.40. The molecule has 2 amide bonds. The Morgan fingerprint density at radius 2 is 1.97 bits per heavy atom. The molecule has 7 nitrogen and oxygen atoms in total. The number of hydrogen-bond donors (Lipinski definition) is 2. The van der Waals surface area contributed by atoms with E-state index in [1.807, 2.05) is 51.1 Å². The number of ether oxygens (including phenoxy) is 1. The number of esters is 1. The summed E-state index contributed by atoms with van der Waals surface area (Å²) in [6.07, 6.45) is 1.51. The van der Waals surface area contributed by atoms with E-state index in [2.05, 4.69) is 10.6 Å². The Kier molecular flexibility index (Phi) is 6.57. The summed E-state index contributed by atoms with van der Waals surface area (Å²) in [7, 11) is 1.35. The van der Waals surface area contributed by atoms with Crippen LogP contribution >= 0.6 is 0 Å². The maximum atomic E-state index is 13.1. The first-order chi connectivity index (χ1) is 13.9. The van der Waals surface area contributed by atoms with Crippen LogP contribution in [-0.4, -0.2) is 60.0 Å². The van der Waals surface area contributed by atoms with Crippen molar-refractivity contribution in [1.29, 1.82) is 0 Å². The Bertz CT molecular complexity index is 754. The minimum atomic E-state index is -0.486.